The zero-order chi connectivity index (χ0) is 16.0. The van der Waals surface area contributed by atoms with Gasteiger partial charge in [-0.05, 0) is 18.6 Å². The molecule has 0 aromatic carbocycles. The van der Waals surface area contributed by atoms with Gasteiger partial charge in [-0.25, -0.2) is 4.98 Å². The maximum atomic E-state index is 11.5. The van der Waals surface area contributed by atoms with Gasteiger partial charge in [0.15, 0.2) is 0 Å². The average Bonchev–Trinajstić information content (AvgIpc) is 2.45. The van der Waals surface area contributed by atoms with Gasteiger partial charge < -0.3 is 20.1 Å². The lowest BCUT2D eigenvalue weighted by atomic mass is 10.1. The van der Waals surface area contributed by atoms with Crippen molar-refractivity contribution < 1.29 is 19.1 Å². The first kappa shape index (κ1) is 16.8. The average molecular weight is 311 g/mol. The Morgan fingerprint density at radius 2 is 1.81 bits per heavy atom. The second kappa shape index (κ2) is 7.53. The lowest BCUT2D eigenvalue weighted by molar-refractivity contribution is -0.140. The van der Waals surface area contributed by atoms with Crippen molar-refractivity contribution >= 4 is 35.0 Å². The molecule has 0 saturated heterocycles. The molecule has 8 heteroatoms. The number of anilines is 1. The van der Waals surface area contributed by atoms with Crippen molar-refractivity contribution in [1.29, 1.82) is 0 Å². The second-order valence-electron chi connectivity index (χ2n) is 4.20. The van der Waals surface area contributed by atoms with Gasteiger partial charge in [-0.2, -0.15) is 0 Å². The fourth-order valence-corrected chi connectivity index (χ4v) is 1.99. The van der Waals surface area contributed by atoms with Crippen LogP contribution in [0.1, 0.15) is 11.1 Å². The largest absolute Gasteiger partial charge is 0.468 e. The van der Waals surface area contributed by atoms with E-state index < -0.39 is 11.9 Å². The van der Waals surface area contributed by atoms with Gasteiger partial charge in [0, 0.05) is 6.20 Å². The van der Waals surface area contributed by atoms with Gasteiger partial charge in [0.2, 0.25) is 0 Å². The summed E-state index contributed by atoms with van der Waals surface area (Å²) in [5.41, 5.74) is 7.02. The van der Waals surface area contributed by atoms with Gasteiger partial charge in [-0.15, -0.1) is 0 Å². The van der Waals surface area contributed by atoms with Crippen LogP contribution >= 0.6 is 12.2 Å². The van der Waals surface area contributed by atoms with Gasteiger partial charge in [-0.3, -0.25) is 9.59 Å². The van der Waals surface area contributed by atoms with E-state index in [1.165, 1.54) is 19.1 Å². The number of hydrogen-bond acceptors (Lipinski definition) is 7. The van der Waals surface area contributed by atoms with E-state index in [1.54, 1.807) is 12.3 Å². The molecular formula is C13H17N3O4S. The van der Waals surface area contributed by atoms with Crippen LogP contribution < -0.4 is 10.6 Å². The fourth-order valence-electron chi connectivity index (χ4n) is 1.73. The van der Waals surface area contributed by atoms with E-state index in [4.69, 9.17) is 18.0 Å². The number of carbonyl (C=O) groups is 2. The van der Waals surface area contributed by atoms with Crippen LogP contribution in [0.5, 0.6) is 0 Å². The number of nitrogens with zero attached hydrogens (tertiary/aromatic N) is 2. The van der Waals surface area contributed by atoms with Crippen molar-refractivity contribution in [2.75, 3.05) is 32.2 Å². The number of hydrogen-bond donors (Lipinski definition) is 1. The SMILES string of the molecule is COC(=O)CN(CC(=O)OC)c1nccc(C)c1C(N)=S. The molecule has 1 aromatic heterocycles. The van der Waals surface area contributed by atoms with Gasteiger partial charge in [0.1, 0.15) is 23.9 Å². The maximum Gasteiger partial charge on any atom is 0.325 e. The van der Waals surface area contributed by atoms with Crippen molar-refractivity contribution in [1.82, 2.24) is 4.98 Å². The van der Waals surface area contributed by atoms with Gasteiger partial charge in [0.25, 0.3) is 0 Å². The summed E-state index contributed by atoms with van der Waals surface area (Å²) in [5.74, 6) is -0.689. The number of rotatable bonds is 6. The molecule has 0 amide bonds. The number of methoxy groups -OCH3 is 2. The first-order valence-electron chi connectivity index (χ1n) is 6.04. The normalized spacial score (nSPS) is 9.86. The minimum atomic E-state index is -0.518. The number of carbonyl (C=O) groups excluding carboxylic acids is 2. The van der Waals surface area contributed by atoms with Crippen molar-refractivity contribution in [3.05, 3.63) is 23.4 Å². The van der Waals surface area contributed by atoms with Crippen LogP contribution in [0.4, 0.5) is 5.82 Å². The number of aromatic nitrogens is 1. The Bertz CT molecular complexity index is 544. The maximum absolute atomic E-state index is 11.5. The first-order valence-corrected chi connectivity index (χ1v) is 6.45. The van der Waals surface area contributed by atoms with Crippen LogP contribution in [0.2, 0.25) is 0 Å². The molecule has 21 heavy (non-hydrogen) atoms. The van der Waals surface area contributed by atoms with Crippen molar-refractivity contribution in [2.24, 2.45) is 5.73 Å². The number of pyridine rings is 1. The third kappa shape index (κ3) is 4.38. The highest BCUT2D eigenvalue weighted by Gasteiger charge is 2.22. The molecule has 0 radical (unpaired) electrons. The predicted octanol–water partition coefficient (Wildman–Crippen LogP) is 0.177. The highest BCUT2D eigenvalue weighted by Crippen LogP contribution is 2.21. The lowest BCUT2D eigenvalue weighted by Gasteiger charge is -2.24. The summed E-state index contributed by atoms with van der Waals surface area (Å²) < 4.78 is 9.25. The third-order valence-electron chi connectivity index (χ3n) is 2.78. The summed E-state index contributed by atoms with van der Waals surface area (Å²) in [7, 11) is 2.52. The Hall–Kier alpha value is -2.22. The van der Waals surface area contributed by atoms with E-state index in [2.05, 4.69) is 14.5 Å². The first-order chi connectivity index (χ1) is 9.90. The van der Waals surface area contributed by atoms with Crippen LogP contribution in [0.3, 0.4) is 0 Å². The molecule has 1 heterocycles. The third-order valence-corrected chi connectivity index (χ3v) is 2.98. The number of ether oxygens (including phenoxy) is 2. The van der Waals surface area contributed by atoms with E-state index in [9.17, 15) is 9.59 Å². The number of aryl methyl sites for hydroxylation is 1. The predicted molar refractivity (Wildman–Crippen MR) is 81.1 cm³/mol. The molecule has 0 spiro atoms. The van der Waals surface area contributed by atoms with Crippen LogP contribution in [-0.4, -0.2) is 49.2 Å². The summed E-state index contributed by atoms with van der Waals surface area (Å²) in [5, 5.41) is 0. The van der Waals surface area contributed by atoms with Gasteiger partial charge in [0.05, 0.1) is 19.8 Å². The number of nitrogens with two attached hydrogens (primary N) is 1. The quantitative estimate of drug-likeness (QED) is 0.587. The number of thiocarbonyl (C=S) groups is 1. The second-order valence-corrected chi connectivity index (χ2v) is 4.64. The Morgan fingerprint density at radius 3 is 2.24 bits per heavy atom. The molecule has 0 atom stereocenters. The highest BCUT2D eigenvalue weighted by molar-refractivity contribution is 7.80. The monoisotopic (exact) mass is 311 g/mol. The zero-order valence-electron chi connectivity index (χ0n) is 12.1. The smallest absolute Gasteiger partial charge is 0.325 e. The molecule has 0 aliphatic carbocycles. The fraction of sp³-hybridized carbons (Fsp3) is 0.385. The standard InChI is InChI=1S/C13H17N3O4S/c1-8-4-5-15-13(11(8)12(14)21)16(6-9(17)19-2)7-10(18)20-3/h4-5H,6-7H2,1-3H3,(H2,14,21). The van der Waals surface area contributed by atoms with Crippen molar-refractivity contribution in [2.45, 2.75) is 6.92 Å². The summed E-state index contributed by atoms with van der Waals surface area (Å²) >= 11 is 5.02. The zero-order valence-corrected chi connectivity index (χ0v) is 12.9. The van der Waals surface area contributed by atoms with E-state index in [0.717, 1.165) is 5.56 Å². The highest BCUT2D eigenvalue weighted by atomic mass is 32.1. The van der Waals surface area contributed by atoms with Gasteiger partial charge in [-0.1, -0.05) is 12.2 Å². The van der Waals surface area contributed by atoms with E-state index >= 15 is 0 Å². The Morgan fingerprint density at radius 1 is 1.29 bits per heavy atom. The van der Waals surface area contributed by atoms with Crippen LogP contribution in [-0.2, 0) is 19.1 Å². The minimum absolute atomic E-state index is 0.135. The molecular weight excluding hydrogens is 294 g/mol. The van der Waals surface area contributed by atoms with Crippen molar-refractivity contribution in [3.8, 4) is 0 Å². The molecule has 0 unspecified atom stereocenters. The van der Waals surface area contributed by atoms with Crippen LogP contribution in [0, 0.1) is 6.92 Å². The molecule has 0 aliphatic heterocycles. The molecule has 0 aliphatic rings. The molecule has 114 valence electrons. The summed E-state index contributed by atoms with van der Waals surface area (Å²) in [6.07, 6.45) is 1.55. The van der Waals surface area contributed by atoms with Crippen LogP contribution in [0.15, 0.2) is 12.3 Å². The summed E-state index contributed by atoms with van der Waals surface area (Å²) in [4.78, 5) is 28.8. The molecule has 0 fully saturated rings. The minimum Gasteiger partial charge on any atom is -0.468 e. The van der Waals surface area contributed by atoms with E-state index in [1.807, 2.05) is 6.92 Å². The molecule has 2 N–H and O–H groups in total. The lowest BCUT2D eigenvalue weighted by Crippen LogP contribution is -2.37. The molecule has 0 saturated carbocycles. The molecule has 1 aromatic rings. The van der Waals surface area contributed by atoms with E-state index in [-0.39, 0.29) is 18.1 Å². The Kier molecular flexibility index (Phi) is 6.04. The summed E-state index contributed by atoms with van der Waals surface area (Å²) in [6, 6.07) is 1.74. The van der Waals surface area contributed by atoms with Crippen LogP contribution in [0.25, 0.3) is 0 Å². The molecule has 7 nitrogen and oxygen atoms in total. The number of esters is 2. The Balaban J connectivity index is 3.24. The molecule has 1 rings (SSSR count). The molecule has 0 bridgehead atoms. The Labute approximate surface area is 128 Å². The van der Waals surface area contributed by atoms with E-state index in [0.29, 0.717) is 11.4 Å². The van der Waals surface area contributed by atoms with Gasteiger partial charge >= 0.3 is 11.9 Å². The van der Waals surface area contributed by atoms with Crippen molar-refractivity contribution in [3.63, 3.8) is 0 Å². The topological polar surface area (TPSA) is 94.8 Å². The summed E-state index contributed by atoms with van der Waals surface area (Å²) in [6.45, 7) is 1.48.